The Balaban J connectivity index is 0.000000381. The van der Waals surface area contributed by atoms with Gasteiger partial charge in [-0.1, -0.05) is 17.3 Å². The highest BCUT2D eigenvalue weighted by atomic mass is 19.4. The molecule has 10 heteroatoms. The van der Waals surface area contributed by atoms with E-state index in [1.54, 1.807) is 18.3 Å². The minimum absolute atomic E-state index is 0.136. The van der Waals surface area contributed by atoms with Crippen molar-refractivity contribution in [1.29, 1.82) is 0 Å². The zero-order valence-corrected chi connectivity index (χ0v) is 13.2. The van der Waals surface area contributed by atoms with E-state index in [0.29, 0.717) is 13.0 Å². The monoisotopic (exact) mass is 363 g/mol. The number of benzene rings is 1. The molecule has 0 spiro atoms. The molecule has 1 unspecified atom stereocenters. The number of nitrogens with zero attached hydrogens (tertiary/aromatic N) is 1. The Labute approximate surface area is 140 Å². The molecule has 25 heavy (non-hydrogen) atoms. The average Bonchev–Trinajstić information content (AvgIpc) is 3.01. The van der Waals surface area contributed by atoms with Crippen LogP contribution in [-0.2, 0) is 11.2 Å². The summed E-state index contributed by atoms with van der Waals surface area (Å²) in [4.78, 5) is 8.90. The van der Waals surface area contributed by atoms with Crippen molar-refractivity contribution in [3.8, 4) is 11.1 Å². The van der Waals surface area contributed by atoms with Gasteiger partial charge in [0.15, 0.2) is 0 Å². The number of aromatic nitrogens is 1. The van der Waals surface area contributed by atoms with Crippen LogP contribution >= 0.6 is 0 Å². The van der Waals surface area contributed by atoms with Crippen LogP contribution in [0, 0.1) is 5.82 Å². The molecule has 6 nitrogen and oxygen atoms in total. The van der Waals surface area contributed by atoms with E-state index in [0.717, 1.165) is 16.9 Å². The van der Waals surface area contributed by atoms with Crippen molar-refractivity contribution in [2.75, 3.05) is 13.6 Å². The third-order valence-corrected chi connectivity index (χ3v) is 3.17. The Morgan fingerprint density at radius 1 is 1.36 bits per heavy atom. The summed E-state index contributed by atoms with van der Waals surface area (Å²) in [7, 11) is 1.85. The fourth-order valence-electron chi connectivity index (χ4n) is 1.80. The smallest absolute Gasteiger partial charge is 0.475 e. The molecule has 0 saturated heterocycles. The van der Waals surface area contributed by atoms with Crippen molar-refractivity contribution in [3.05, 3.63) is 42.0 Å². The zero-order valence-electron chi connectivity index (χ0n) is 13.2. The lowest BCUT2D eigenvalue weighted by Gasteiger charge is -2.12. The van der Waals surface area contributed by atoms with Crippen LogP contribution in [0.5, 0.6) is 0 Å². The second kappa shape index (κ2) is 9.14. The number of likely N-dealkylation sites (N-methyl/N-ethyl adjacent to an activating group) is 1. The lowest BCUT2D eigenvalue weighted by atomic mass is 10.0. The summed E-state index contributed by atoms with van der Waals surface area (Å²) in [6, 6.07) is 6.40. The normalized spacial score (nSPS) is 12.2. The van der Waals surface area contributed by atoms with Crippen molar-refractivity contribution in [2.24, 2.45) is 5.73 Å². The second-order valence-corrected chi connectivity index (χ2v) is 4.90. The molecule has 0 bridgehead atoms. The first kappa shape index (κ1) is 20.6. The van der Waals surface area contributed by atoms with E-state index in [2.05, 4.69) is 10.5 Å². The molecular weight excluding hydrogens is 346 g/mol. The fraction of sp³-hybridized carbons (Fsp3) is 0.333. The second-order valence-electron chi connectivity index (χ2n) is 4.90. The van der Waals surface area contributed by atoms with Gasteiger partial charge in [-0.25, -0.2) is 9.18 Å². The highest BCUT2D eigenvalue weighted by molar-refractivity contribution is 5.73. The van der Waals surface area contributed by atoms with E-state index in [4.69, 9.17) is 20.2 Å². The summed E-state index contributed by atoms with van der Waals surface area (Å²) in [5.74, 6) is -2.26. The van der Waals surface area contributed by atoms with Crippen LogP contribution in [0.1, 0.15) is 5.76 Å². The molecule has 1 heterocycles. The van der Waals surface area contributed by atoms with Crippen LogP contribution in [0.25, 0.3) is 11.1 Å². The molecular formula is C15H17F4N3O3. The van der Waals surface area contributed by atoms with Gasteiger partial charge in [-0.3, -0.25) is 0 Å². The molecule has 0 radical (unpaired) electrons. The lowest BCUT2D eigenvalue weighted by Crippen LogP contribution is -2.35. The number of aliphatic carboxylic acids is 1. The van der Waals surface area contributed by atoms with Crippen molar-refractivity contribution in [1.82, 2.24) is 10.5 Å². The molecule has 2 rings (SSSR count). The summed E-state index contributed by atoms with van der Waals surface area (Å²) in [5, 5.41) is 14.0. The SMILES string of the molecule is CNC(CN)Cc1oncc1-c1ccc(F)cc1.O=C(O)C(F)(F)F. The summed E-state index contributed by atoms with van der Waals surface area (Å²) in [6.45, 7) is 0.514. The van der Waals surface area contributed by atoms with Gasteiger partial charge in [-0.15, -0.1) is 0 Å². The fourth-order valence-corrected chi connectivity index (χ4v) is 1.80. The number of rotatable bonds is 5. The van der Waals surface area contributed by atoms with Gasteiger partial charge in [-0.2, -0.15) is 13.2 Å². The van der Waals surface area contributed by atoms with Crippen LogP contribution < -0.4 is 11.1 Å². The molecule has 0 saturated carbocycles. The van der Waals surface area contributed by atoms with Crippen molar-refractivity contribution in [3.63, 3.8) is 0 Å². The number of carbonyl (C=O) groups is 1. The predicted molar refractivity (Wildman–Crippen MR) is 81.2 cm³/mol. The van der Waals surface area contributed by atoms with Gasteiger partial charge >= 0.3 is 12.1 Å². The van der Waals surface area contributed by atoms with Gasteiger partial charge < -0.3 is 20.7 Å². The number of hydrogen-bond donors (Lipinski definition) is 3. The first-order valence-corrected chi connectivity index (χ1v) is 7.06. The molecule has 0 amide bonds. The predicted octanol–water partition coefficient (Wildman–Crippen LogP) is 2.20. The van der Waals surface area contributed by atoms with E-state index < -0.39 is 12.1 Å². The highest BCUT2D eigenvalue weighted by Gasteiger charge is 2.38. The Hall–Kier alpha value is -2.46. The van der Waals surface area contributed by atoms with E-state index in [1.165, 1.54) is 12.1 Å². The first-order chi connectivity index (χ1) is 11.7. The minimum atomic E-state index is -5.08. The quantitative estimate of drug-likeness (QED) is 0.704. The summed E-state index contributed by atoms with van der Waals surface area (Å²) >= 11 is 0. The maximum absolute atomic E-state index is 12.9. The topological polar surface area (TPSA) is 101 Å². The lowest BCUT2D eigenvalue weighted by molar-refractivity contribution is -0.192. The largest absolute Gasteiger partial charge is 0.490 e. The third kappa shape index (κ3) is 6.51. The van der Waals surface area contributed by atoms with Crippen molar-refractivity contribution < 1.29 is 32.0 Å². The Morgan fingerprint density at radius 3 is 2.36 bits per heavy atom. The Morgan fingerprint density at radius 2 is 1.92 bits per heavy atom. The molecule has 2 aromatic rings. The zero-order chi connectivity index (χ0) is 19.0. The summed E-state index contributed by atoms with van der Waals surface area (Å²) in [6.07, 6.45) is -2.79. The summed E-state index contributed by atoms with van der Waals surface area (Å²) < 4.78 is 49.9. The first-order valence-electron chi connectivity index (χ1n) is 7.06. The maximum atomic E-state index is 12.9. The van der Waals surface area contributed by atoms with E-state index in [-0.39, 0.29) is 11.9 Å². The number of hydrogen-bond acceptors (Lipinski definition) is 5. The molecule has 1 atom stereocenters. The van der Waals surface area contributed by atoms with Gasteiger partial charge in [-0.05, 0) is 24.7 Å². The molecule has 0 aliphatic heterocycles. The maximum Gasteiger partial charge on any atom is 0.490 e. The Kier molecular flexibility index (Phi) is 7.52. The minimum Gasteiger partial charge on any atom is -0.475 e. The number of carboxylic acid groups (broad SMARTS) is 1. The number of halogens is 4. The molecule has 0 aliphatic carbocycles. The van der Waals surface area contributed by atoms with Gasteiger partial charge in [0.1, 0.15) is 11.6 Å². The van der Waals surface area contributed by atoms with E-state index >= 15 is 0 Å². The molecule has 1 aromatic heterocycles. The van der Waals surface area contributed by atoms with Crippen LogP contribution in [0.3, 0.4) is 0 Å². The number of carboxylic acids is 1. The van der Waals surface area contributed by atoms with Crippen molar-refractivity contribution >= 4 is 5.97 Å². The van der Waals surface area contributed by atoms with Crippen LogP contribution in [0.4, 0.5) is 17.6 Å². The Bertz CT molecular complexity index is 667. The standard InChI is InChI=1S/C13H16FN3O.C2HF3O2/c1-16-11(7-15)6-13-12(8-17-18-13)9-2-4-10(14)5-3-9;3-2(4,5)1(6)7/h2-5,8,11,16H,6-7,15H2,1H3;(H,6,7). The molecule has 4 N–H and O–H groups in total. The number of nitrogens with two attached hydrogens (primary N) is 1. The van der Waals surface area contributed by atoms with Gasteiger partial charge in [0, 0.05) is 24.6 Å². The van der Waals surface area contributed by atoms with E-state index in [1.807, 2.05) is 7.05 Å². The molecule has 0 fully saturated rings. The number of alkyl halides is 3. The average molecular weight is 363 g/mol. The van der Waals surface area contributed by atoms with Gasteiger partial charge in [0.2, 0.25) is 0 Å². The third-order valence-electron chi connectivity index (χ3n) is 3.17. The van der Waals surface area contributed by atoms with Crippen molar-refractivity contribution in [2.45, 2.75) is 18.6 Å². The van der Waals surface area contributed by atoms with Crippen LogP contribution in [0.2, 0.25) is 0 Å². The highest BCUT2D eigenvalue weighted by Crippen LogP contribution is 2.24. The van der Waals surface area contributed by atoms with Crippen LogP contribution in [-0.4, -0.2) is 42.0 Å². The summed E-state index contributed by atoms with van der Waals surface area (Å²) in [5.41, 5.74) is 7.40. The van der Waals surface area contributed by atoms with Crippen LogP contribution in [0.15, 0.2) is 35.0 Å². The van der Waals surface area contributed by atoms with Gasteiger partial charge in [0.05, 0.1) is 6.20 Å². The van der Waals surface area contributed by atoms with E-state index in [9.17, 15) is 17.6 Å². The molecule has 1 aromatic carbocycles. The number of nitrogens with one attached hydrogen (secondary N) is 1. The van der Waals surface area contributed by atoms with Gasteiger partial charge in [0.25, 0.3) is 0 Å². The molecule has 138 valence electrons. The molecule has 0 aliphatic rings.